The number of benzene rings is 1. The lowest BCUT2D eigenvalue weighted by atomic mass is 10.2. The van der Waals surface area contributed by atoms with Crippen molar-refractivity contribution >= 4 is 31.9 Å². The monoisotopic (exact) mass is 475 g/mol. The summed E-state index contributed by atoms with van der Waals surface area (Å²) in [6.45, 7) is 4.36. The number of hydrogen-bond acceptors (Lipinski definition) is 6. The summed E-state index contributed by atoms with van der Waals surface area (Å²) in [7, 11) is -3.60. The highest BCUT2D eigenvalue weighted by atomic mass is 79.9. The molecule has 10 heteroatoms. The molecule has 2 N–H and O–H groups in total. The number of halogens is 1. The predicted octanol–water partition coefficient (Wildman–Crippen LogP) is 0.656. The van der Waals surface area contributed by atoms with Crippen molar-refractivity contribution in [1.29, 1.82) is 0 Å². The number of ether oxygens (including phenoxy) is 1. The van der Waals surface area contributed by atoms with E-state index in [1.165, 1.54) is 16.4 Å². The fourth-order valence-corrected chi connectivity index (χ4v) is 5.34. The number of sulfonamides is 1. The van der Waals surface area contributed by atoms with Gasteiger partial charge in [0, 0.05) is 43.7 Å². The molecule has 3 rings (SSSR count). The highest BCUT2D eigenvalue weighted by Crippen LogP contribution is 2.25. The lowest BCUT2D eigenvalue weighted by Crippen LogP contribution is -2.44. The largest absolute Gasteiger partial charge is 0.390 e. The second-order valence-electron chi connectivity index (χ2n) is 7.03. The number of nitrogens with zero attached hydrogens (tertiary/aromatic N) is 2. The summed E-state index contributed by atoms with van der Waals surface area (Å²) in [5.41, 5.74) is 0.235. The Hall–Kier alpha value is -1.04. The zero-order valence-corrected chi connectivity index (χ0v) is 18.0. The van der Waals surface area contributed by atoms with Crippen LogP contribution < -0.4 is 5.32 Å². The number of amides is 1. The van der Waals surface area contributed by atoms with E-state index < -0.39 is 22.0 Å². The summed E-state index contributed by atoms with van der Waals surface area (Å²) >= 11 is 3.31. The molecule has 1 aromatic rings. The number of carbonyl (C=O) groups excluding carboxylic acids is 1. The summed E-state index contributed by atoms with van der Waals surface area (Å²) in [6, 6.07) is 4.46. The van der Waals surface area contributed by atoms with E-state index >= 15 is 0 Å². The molecule has 0 aliphatic carbocycles. The van der Waals surface area contributed by atoms with Crippen LogP contribution >= 0.6 is 15.9 Å². The van der Waals surface area contributed by atoms with Crippen molar-refractivity contribution in [2.75, 3.05) is 52.5 Å². The normalized spacial score (nSPS) is 20.2. The van der Waals surface area contributed by atoms with Gasteiger partial charge >= 0.3 is 0 Å². The Balaban J connectivity index is 1.62. The highest BCUT2D eigenvalue weighted by molar-refractivity contribution is 9.10. The molecule has 0 radical (unpaired) electrons. The van der Waals surface area contributed by atoms with Crippen LogP contribution in [0.15, 0.2) is 27.6 Å². The van der Waals surface area contributed by atoms with Crippen LogP contribution in [0.3, 0.4) is 0 Å². The number of rotatable bonds is 7. The van der Waals surface area contributed by atoms with Crippen molar-refractivity contribution in [2.45, 2.75) is 23.8 Å². The van der Waals surface area contributed by atoms with Gasteiger partial charge in [-0.05, 0) is 47.0 Å². The SMILES string of the molecule is O=C(NCC(O)CN1CCOCC1)c1cc(S(=O)(=O)N2CCCC2)ccc1Br. The van der Waals surface area contributed by atoms with Crippen LogP contribution in [0.1, 0.15) is 23.2 Å². The Morgan fingerprint density at radius 2 is 1.89 bits per heavy atom. The number of aliphatic hydroxyl groups excluding tert-OH is 1. The molecule has 8 nitrogen and oxygen atoms in total. The smallest absolute Gasteiger partial charge is 0.252 e. The Morgan fingerprint density at radius 3 is 2.57 bits per heavy atom. The number of aliphatic hydroxyl groups is 1. The molecule has 156 valence electrons. The van der Waals surface area contributed by atoms with E-state index in [0.29, 0.717) is 37.3 Å². The van der Waals surface area contributed by atoms with Crippen molar-refractivity contribution < 1.29 is 23.1 Å². The van der Waals surface area contributed by atoms with Gasteiger partial charge in [-0.3, -0.25) is 9.69 Å². The van der Waals surface area contributed by atoms with E-state index in [1.54, 1.807) is 6.07 Å². The molecule has 0 spiro atoms. The maximum atomic E-state index is 12.7. The molecule has 0 saturated carbocycles. The maximum absolute atomic E-state index is 12.7. The van der Waals surface area contributed by atoms with Crippen LogP contribution in [0.25, 0.3) is 0 Å². The third kappa shape index (κ3) is 5.31. The van der Waals surface area contributed by atoms with Crippen LogP contribution in [-0.4, -0.2) is 87.2 Å². The summed E-state index contributed by atoms with van der Waals surface area (Å²) in [5, 5.41) is 12.9. The Labute approximate surface area is 174 Å². The Morgan fingerprint density at radius 1 is 1.21 bits per heavy atom. The molecule has 0 aromatic heterocycles. The van der Waals surface area contributed by atoms with Crippen LogP contribution in [0.2, 0.25) is 0 Å². The van der Waals surface area contributed by atoms with Gasteiger partial charge in [-0.25, -0.2) is 8.42 Å². The minimum atomic E-state index is -3.60. The van der Waals surface area contributed by atoms with Gasteiger partial charge in [-0.15, -0.1) is 0 Å². The van der Waals surface area contributed by atoms with Gasteiger partial charge in [0.1, 0.15) is 0 Å². The average molecular weight is 476 g/mol. The van der Waals surface area contributed by atoms with Crippen molar-refractivity contribution in [1.82, 2.24) is 14.5 Å². The van der Waals surface area contributed by atoms with Gasteiger partial charge in [0.25, 0.3) is 5.91 Å². The molecule has 2 aliphatic heterocycles. The predicted molar refractivity (Wildman–Crippen MR) is 108 cm³/mol. The number of hydrogen-bond donors (Lipinski definition) is 2. The quantitative estimate of drug-likeness (QED) is 0.600. The third-order valence-electron chi connectivity index (χ3n) is 4.96. The van der Waals surface area contributed by atoms with Crippen LogP contribution in [0.4, 0.5) is 0 Å². The Bertz CT molecular complexity index is 792. The minimum absolute atomic E-state index is 0.0890. The number of nitrogens with one attached hydrogen (secondary N) is 1. The molecule has 2 saturated heterocycles. The fraction of sp³-hybridized carbons (Fsp3) is 0.611. The molecule has 28 heavy (non-hydrogen) atoms. The van der Waals surface area contributed by atoms with Crippen LogP contribution in [0.5, 0.6) is 0 Å². The molecule has 1 unspecified atom stereocenters. The fourth-order valence-electron chi connectivity index (χ4n) is 3.37. The van der Waals surface area contributed by atoms with Gasteiger partial charge in [-0.1, -0.05) is 0 Å². The maximum Gasteiger partial charge on any atom is 0.252 e. The summed E-state index contributed by atoms with van der Waals surface area (Å²) in [4.78, 5) is 14.8. The van der Waals surface area contributed by atoms with Crippen molar-refractivity contribution in [3.63, 3.8) is 0 Å². The van der Waals surface area contributed by atoms with Crippen molar-refractivity contribution in [2.24, 2.45) is 0 Å². The highest BCUT2D eigenvalue weighted by Gasteiger charge is 2.28. The zero-order valence-electron chi connectivity index (χ0n) is 15.6. The first-order valence-corrected chi connectivity index (χ1v) is 11.7. The Kier molecular flexibility index (Phi) is 7.46. The number of β-amino-alcohol motifs (C(OH)–C–C–N with tert-alkyl or cyclic N) is 1. The van der Waals surface area contributed by atoms with E-state index in [2.05, 4.69) is 26.1 Å². The third-order valence-corrected chi connectivity index (χ3v) is 7.54. The molecule has 2 aliphatic rings. The summed E-state index contributed by atoms with van der Waals surface area (Å²) in [6.07, 6.45) is 0.992. The second kappa shape index (κ2) is 9.64. The summed E-state index contributed by atoms with van der Waals surface area (Å²) in [5.74, 6) is -0.425. The topological polar surface area (TPSA) is 99.2 Å². The van der Waals surface area contributed by atoms with Crippen LogP contribution in [0, 0.1) is 0 Å². The van der Waals surface area contributed by atoms with E-state index in [0.717, 1.165) is 25.9 Å². The zero-order chi connectivity index (χ0) is 20.1. The minimum Gasteiger partial charge on any atom is -0.390 e. The molecule has 1 aromatic carbocycles. The second-order valence-corrected chi connectivity index (χ2v) is 9.82. The van der Waals surface area contributed by atoms with E-state index in [-0.39, 0.29) is 17.0 Å². The van der Waals surface area contributed by atoms with Crippen LogP contribution in [-0.2, 0) is 14.8 Å². The van der Waals surface area contributed by atoms with Gasteiger partial charge in [0.2, 0.25) is 10.0 Å². The molecular formula is C18H26BrN3O5S. The van der Waals surface area contributed by atoms with E-state index in [9.17, 15) is 18.3 Å². The lowest BCUT2D eigenvalue weighted by Gasteiger charge is -2.28. The first-order chi connectivity index (χ1) is 13.4. The van der Waals surface area contributed by atoms with Crippen molar-refractivity contribution in [3.05, 3.63) is 28.2 Å². The van der Waals surface area contributed by atoms with E-state index in [4.69, 9.17) is 4.74 Å². The molecule has 1 atom stereocenters. The van der Waals surface area contributed by atoms with E-state index in [1.807, 2.05) is 0 Å². The lowest BCUT2D eigenvalue weighted by molar-refractivity contribution is 0.0149. The van der Waals surface area contributed by atoms with Gasteiger partial charge in [0.05, 0.1) is 29.8 Å². The number of carbonyl (C=O) groups is 1. The van der Waals surface area contributed by atoms with Gasteiger partial charge in [-0.2, -0.15) is 4.31 Å². The molecular weight excluding hydrogens is 450 g/mol. The molecule has 2 heterocycles. The first kappa shape index (κ1) is 21.7. The van der Waals surface area contributed by atoms with Crippen molar-refractivity contribution in [3.8, 4) is 0 Å². The standard InChI is InChI=1S/C18H26BrN3O5S/c19-17-4-3-15(28(25,26)22-5-1-2-6-22)11-16(17)18(24)20-12-14(23)13-21-7-9-27-10-8-21/h3-4,11,14,23H,1-2,5-10,12-13H2,(H,20,24). The summed E-state index contributed by atoms with van der Waals surface area (Å²) < 4.78 is 32.7. The first-order valence-electron chi connectivity index (χ1n) is 9.44. The van der Waals surface area contributed by atoms with Gasteiger partial charge < -0.3 is 15.2 Å². The number of morpholine rings is 1. The molecule has 0 bridgehead atoms. The van der Waals surface area contributed by atoms with Gasteiger partial charge in [0.15, 0.2) is 0 Å². The molecule has 1 amide bonds. The average Bonchev–Trinajstić information content (AvgIpc) is 3.23. The molecule has 2 fully saturated rings.